The first-order valence-electron chi connectivity index (χ1n) is 8.51. The van der Waals surface area contributed by atoms with Crippen molar-refractivity contribution in [2.45, 2.75) is 31.8 Å². The first-order chi connectivity index (χ1) is 11.3. The first-order valence-corrected chi connectivity index (χ1v) is 9.30. The van der Waals surface area contributed by atoms with Crippen molar-refractivity contribution in [1.29, 1.82) is 0 Å². The highest BCUT2D eigenvalue weighted by molar-refractivity contribution is 9.10. The van der Waals surface area contributed by atoms with Crippen LogP contribution < -0.4 is 4.74 Å². The van der Waals surface area contributed by atoms with E-state index in [0.717, 1.165) is 23.2 Å². The van der Waals surface area contributed by atoms with Gasteiger partial charge in [0.1, 0.15) is 11.9 Å². The second-order valence-corrected chi connectivity index (χ2v) is 7.08. The highest BCUT2D eigenvalue weighted by Gasteiger charge is 2.17. The van der Waals surface area contributed by atoms with E-state index in [4.69, 9.17) is 4.74 Å². The second kappa shape index (κ2) is 8.51. The molecular weight excluding hydrogens is 350 g/mol. The topological polar surface area (TPSA) is 12.5 Å². The van der Waals surface area contributed by atoms with E-state index in [1.54, 1.807) is 0 Å². The molecule has 0 spiro atoms. The zero-order chi connectivity index (χ0) is 15.9. The molecule has 0 N–H and O–H groups in total. The Hall–Kier alpha value is -1.32. The molecule has 0 aliphatic carbocycles. The maximum absolute atomic E-state index is 6.30. The summed E-state index contributed by atoms with van der Waals surface area (Å²) in [5.41, 5.74) is 1.26. The molecule has 2 aromatic rings. The lowest BCUT2D eigenvalue weighted by Gasteiger charge is -2.28. The fourth-order valence-electron chi connectivity index (χ4n) is 3.12. The third-order valence-electron chi connectivity index (χ3n) is 4.42. The molecule has 0 bridgehead atoms. The third-order valence-corrected chi connectivity index (χ3v) is 4.95. The van der Waals surface area contributed by atoms with Crippen molar-refractivity contribution >= 4 is 15.9 Å². The SMILES string of the molecule is Brc1ccc(OC(CCN2CCCCC2)c2ccccc2)cc1. The van der Waals surface area contributed by atoms with Crippen molar-refractivity contribution in [2.24, 2.45) is 0 Å². The van der Waals surface area contributed by atoms with Crippen molar-refractivity contribution in [3.05, 3.63) is 64.6 Å². The molecule has 1 heterocycles. The first kappa shape index (κ1) is 16.5. The fraction of sp³-hybridized carbons (Fsp3) is 0.400. The van der Waals surface area contributed by atoms with Crippen LogP contribution in [0.25, 0.3) is 0 Å². The van der Waals surface area contributed by atoms with Gasteiger partial charge in [0, 0.05) is 17.4 Å². The van der Waals surface area contributed by atoms with E-state index in [9.17, 15) is 0 Å². The van der Waals surface area contributed by atoms with Gasteiger partial charge in [0.25, 0.3) is 0 Å². The van der Waals surface area contributed by atoms with Crippen LogP contribution in [-0.4, -0.2) is 24.5 Å². The van der Waals surface area contributed by atoms with Gasteiger partial charge in [-0.2, -0.15) is 0 Å². The molecule has 1 atom stereocenters. The molecule has 0 radical (unpaired) electrons. The lowest BCUT2D eigenvalue weighted by molar-refractivity contribution is 0.152. The van der Waals surface area contributed by atoms with Crippen molar-refractivity contribution in [1.82, 2.24) is 4.90 Å². The van der Waals surface area contributed by atoms with Crippen LogP contribution >= 0.6 is 15.9 Å². The van der Waals surface area contributed by atoms with Crippen molar-refractivity contribution in [2.75, 3.05) is 19.6 Å². The molecule has 3 heteroatoms. The monoisotopic (exact) mass is 373 g/mol. The minimum atomic E-state index is 0.110. The van der Waals surface area contributed by atoms with Crippen LogP contribution in [0.5, 0.6) is 5.75 Å². The minimum absolute atomic E-state index is 0.110. The van der Waals surface area contributed by atoms with E-state index in [1.807, 2.05) is 24.3 Å². The molecule has 1 fully saturated rings. The number of ether oxygens (including phenoxy) is 1. The highest BCUT2D eigenvalue weighted by Crippen LogP contribution is 2.26. The molecule has 3 rings (SSSR count). The van der Waals surface area contributed by atoms with Crippen molar-refractivity contribution < 1.29 is 4.74 Å². The Balaban J connectivity index is 1.67. The summed E-state index contributed by atoms with van der Waals surface area (Å²) in [6.07, 6.45) is 5.20. The number of nitrogens with zero attached hydrogens (tertiary/aromatic N) is 1. The number of rotatable bonds is 6. The maximum Gasteiger partial charge on any atom is 0.125 e. The minimum Gasteiger partial charge on any atom is -0.486 e. The molecule has 0 saturated carbocycles. The van der Waals surface area contributed by atoms with Crippen LogP contribution in [-0.2, 0) is 0 Å². The fourth-order valence-corrected chi connectivity index (χ4v) is 3.39. The van der Waals surface area contributed by atoms with Gasteiger partial charge in [-0.1, -0.05) is 52.7 Å². The van der Waals surface area contributed by atoms with Crippen molar-refractivity contribution in [3.8, 4) is 5.75 Å². The van der Waals surface area contributed by atoms with Crippen LogP contribution in [0.1, 0.15) is 37.4 Å². The Labute approximate surface area is 147 Å². The summed E-state index contributed by atoms with van der Waals surface area (Å²) in [7, 11) is 0. The Morgan fingerprint density at radius 2 is 1.61 bits per heavy atom. The van der Waals surface area contributed by atoms with Gasteiger partial charge in [0.15, 0.2) is 0 Å². The van der Waals surface area contributed by atoms with E-state index in [1.165, 1.54) is 37.9 Å². The van der Waals surface area contributed by atoms with Crippen LogP contribution in [0.3, 0.4) is 0 Å². The smallest absolute Gasteiger partial charge is 0.125 e. The number of halogens is 1. The predicted octanol–water partition coefficient (Wildman–Crippen LogP) is 5.45. The quantitative estimate of drug-likeness (QED) is 0.667. The average Bonchev–Trinajstić information content (AvgIpc) is 2.62. The van der Waals surface area contributed by atoms with Crippen LogP contribution in [0.15, 0.2) is 59.1 Å². The summed E-state index contributed by atoms with van der Waals surface area (Å²) in [4.78, 5) is 2.57. The van der Waals surface area contributed by atoms with Gasteiger partial charge in [0.05, 0.1) is 0 Å². The molecule has 1 aliphatic rings. The van der Waals surface area contributed by atoms with E-state index in [-0.39, 0.29) is 6.10 Å². The van der Waals surface area contributed by atoms with E-state index >= 15 is 0 Å². The zero-order valence-electron chi connectivity index (χ0n) is 13.5. The Bertz CT molecular complexity index is 578. The van der Waals surface area contributed by atoms with Gasteiger partial charge >= 0.3 is 0 Å². The molecule has 1 saturated heterocycles. The second-order valence-electron chi connectivity index (χ2n) is 6.16. The largest absolute Gasteiger partial charge is 0.486 e. The van der Waals surface area contributed by atoms with Gasteiger partial charge in [0.2, 0.25) is 0 Å². The standard InChI is InChI=1S/C20H24BrNO/c21-18-9-11-19(12-10-18)23-20(17-7-3-1-4-8-17)13-16-22-14-5-2-6-15-22/h1,3-4,7-12,20H,2,5-6,13-16H2. The Morgan fingerprint density at radius 1 is 0.913 bits per heavy atom. The van der Waals surface area contributed by atoms with Crippen LogP contribution in [0.4, 0.5) is 0 Å². The lowest BCUT2D eigenvalue weighted by Crippen LogP contribution is -2.31. The van der Waals surface area contributed by atoms with Crippen molar-refractivity contribution in [3.63, 3.8) is 0 Å². The van der Waals surface area contributed by atoms with Crippen LogP contribution in [0, 0.1) is 0 Å². The van der Waals surface area contributed by atoms with Crippen LogP contribution in [0.2, 0.25) is 0 Å². The molecule has 0 amide bonds. The number of hydrogen-bond acceptors (Lipinski definition) is 2. The molecule has 1 aliphatic heterocycles. The highest BCUT2D eigenvalue weighted by atomic mass is 79.9. The normalized spacial score (nSPS) is 16.9. The number of hydrogen-bond donors (Lipinski definition) is 0. The predicted molar refractivity (Wildman–Crippen MR) is 98.9 cm³/mol. The van der Waals surface area contributed by atoms with Gasteiger partial charge in [-0.25, -0.2) is 0 Å². The lowest BCUT2D eigenvalue weighted by atomic mass is 10.0. The number of benzene rings is 2. The Kier molecular flexibility index (Phi) is 6.12. The molecule has 122 valence electrons. The van der Waals surface area contributed by atoms with E-state index in [2.05, 4.69) is 51.2 Å². The average molecular weight is 374 g/mol. The Morgan fingerprint density at radius 3 is 2.30 bits per heavy atom. The summed E-state index contributed by atoms with van der Waals surface area (Å²) in [5.74, 6) is 0.931. The van der Waals surface area contributed by atoms with Gasteiger partial charge < -0.3 is 9.64 Å². The molecule has 23 heavy (non-hydrogen) atoms. The summed E-state index contributed by atoms with van der Waals surface area (Å²) in [5, 5.41) is 0. The molecule has 2 aromatic carbocycles. The number of likely N-dealkylation sites (tertiary alicyclic amines) is 1. The van der Waals surface area contributed by atoms with E-state index in [0.29, 0.717) is 0 Å². The summed E-state index contributed by atoms with van der Waals surface area (Å²) in [6, 6.07) is 18.7. The maximum atomic E-state index is 6.30. The van der Waals surface area contributed by atoms with Gasteiger partial charge in [-0.15, -0.1) is 0 Å². The number of piperidine rings is 1. The third kappa shape index (κ3) is 5.08. The molecule has 2 nitrogen and oxygen atoms in total. The molecular formula is C20H24BrNO. The summed E-state index contributed by atoms with van der Waals surface area (Å²) >= 11 is 3.48. The summed E-state index contributed by atoms with van der Waals surface area (Å²) < 4.78 is 7.38. The van der Waals surface area contributed by atoms with E-state index < -0.39 is 0 Å². The zero-order valence-corrected chi connectivity index (χ0v) is 15.0. The van der Waals surface area contributed by atoms with Gasteiger partial charge in [-0.3, -0.25) is 0 Å². The summed E-state index contributed by atoms with van der Waals surface area (Å²) in [6.45, 7) is 3.58. The molecule has 0 aromatic heterocycles. The van der Waals surface area contributed by atoms with Gasteiger partial charge in [-0.05, 0) is 55.8 Å². The molecule has 1 unspecified atom stereocenters.